The maximum atomic E-state index is 6.79. The lowest BCUT2D eigenvalue weighted by Crippen LogP contribution is -2.00. The van der Waals surface area contributed by atoms with E-state index in [9.17, 15) is 0 Å². The van der Waals surface area contributed by atoms with Crippen LogP contribution in [0.1, 0.15) is 0 Å². The van der Waals surface area contributed by atoms with Gasteiger partial charge in [0.25, 0.3) is 0 Å². The van der Waals surface area contributed by atoms with Crippen LogP contribution < -0.4 is 0 Å². The molecule has 0 aliphatic carbocycles. The van der Waals surface area contributed by atoms with Crippen LogP contribution in [0.5, 0.6) is 0 Å². The molecule has 0 N–H and O–H groups in total. The second-order valence-corrected chi connectivity index (χ2v) is 16.1. The standard InChI is InChI=1S/C49H27N5OS2/c1-3-13-28(14-4-1)42-45-43(33-18-8-10-24-39(33)57-45)51-49(50-42)36-21-11-19-34-41-35(20-12-22-37(41)55-44(34)36)48-53-46(29-15-5-2-6-16-29)52-47(54-48)30-25-26-32-31-17-7-9-23-38(31)56-40(32)27-30/h1-27H. The summed E-state index contributed by atoms with van der Waals surface area (Å²) in [5.74, 6) is 2.40. The lowest BCUT2D eigenvalue weighted by molar-refractivity contribution is 0.669. The minimum absolute atomic E-state index is 0.572. The summed E-state index contributed by atoms with van der Waals surface area (Å²) in [6.45, 7) is 0. The van der Waals surface area contributed by atoms with Gasteiger partial charge < -0.3 is 4.42 Å². The molecule has 5 aromatic heterocycles. The fourth-order valence-corrected chi connectivity index (χ4v) is 10.2. The summed E-state index contributed by atoms with van der Waals surface area (Å²) in [6.07, 6.45) is 0. The minimum Gasteiger partial charge on any atom is -0.455 e. The summed E-state index contributed by atoms with van der Waals surface area (Å²) >= 11 is 3.51. The number of para-hydroxylation sites is 1. The van der Waals surface area contributed by atoms with Gasteiger partial charge >= 0.3 is 0 Å². The van der Waals surface area contributed by atoms with Crippen LogP contribution in [0.4, 0.5) is 0 Å². The Balaban J connectivity index is 1.07. The summed E-state index contributed by atoms with van der Waals surface area (Å²) < 4.78 is 11.5. The SMILES string of the molecule is c1ccc(-c2nc(-c3ccc4c(c3)sc3ccccc34)nc(-c3cccc4oc5c(-c6nc(-c7ccccc7)c7sc8ccccc8c7n6)cccc5c34)n2)cc1. The van der Waals surface area contributed by atoms with Gasteiger partial charge in [-0.15, -0.1) is 22.7 Å². The van der Waals surface area contributed by atoms with Crippen molar-refractivity contribution in [3.8, 4) is 56.8 Å². The van der Waals surface area contributed by atoms with Crippen molar-refractivity contribution in [2.24, 2.45) is 0 Å². The Morgan fingerprint density at radius 3 is 1.82 bits per heavy atom. The van der Waals surface area contributed by atoms with E-state index >= 15 is 0 Å². The molecule has 6 nitrogen and oxygen atoms in total. The monoisotopic (exact) mass is 765 g/mol. The fourth-order valence-electron chi connectivity index (χ4n) is 7.92. The summed E-state index contributed by atoms with van der Waals surface area (Å²) in [5.41, 5.74) is 7.87. The molecule has 0 fully saturated rings. The van der Waals surface area contributed by atoms with Crippen LogP contribution in [0.25, 0.3) is 119 Å². The quantitative estimate of drug-likeness (QED) is 0.174. The minimum atomic E-state index is 0.572. The first kappa shape index (κ1) is 32.1. The Morgan fingerprint density at radius 2 is 1.00 bits per heavy atom. The molecule has 12 rings (SSSR count). The number of benzene rings is 7. The van der Waals surface area contributed by atoms with Gasteiger partial charge in [0.05, 0.1) is 21.5 Å². The summed E-state index contributed by atoms with van der Waals surface area (Å²) in [5, 5.41) is 5.47. The number of fused-ring (bicyclic) bond motifs is 9. The van der Waals surface area contributed by atoms with E-state index in [1.165, 1.54) is 24.9 Å². The highest BCUT2D eigenvalue weighted by atomic mass is 32.1. The maximum Gasteiger partial charge on any atom is 0.164 e. The van der Waals surface area contributed by atoms with Crippen LogP contribution in [-0.4, -0.2) is 24.9 Å². The normalized spacial score (nSPS) is 11.9. The van der Waals surface area contributed by atoms with Crippen molar-refractivity contribution in [1.82, 2.24) is 24.9 Å². The number of rotatable bonds is 5. The predicted molar refractivity (Wildman–Crippen MR) is 236 cm³/mol. The third kappa shape index (κ3) is 5.19. The van der Waals surface area contributed by atoms with E-state index < -0.39 is 0 Å². The molecule has 8 heteroatoms. The Morgan fingerprint density at radius 1 is 0.386 bits per heavy atom. The number of hydrogen-bond acceptors (Lipinski definition) is 8. The zero-order valence-electron chi connectivity index (χ0n) is 30.0. The molecule has 0 saturated carbocycles. The lowest BCUT2D eigenvalue weighted by atomic mass is 10.0. The Labute approximate surface area is 333 Å². The van der Waals surface area contributed by atoms with Crippen molar-refractivity contribution in [2.45, 2.75) is 0 Å². The second-order valence-electron chi connectivity index (χ2n) is 14.0. The van der Waals surface area contributed by atoms with Crippen molar-refractivity contribution in [3.63, 3.8) is 0 Å². The Bertz CT molecular complexity index is 3540. The van der Waals surface area contributed by atoms with Gasteiger partial charge in [0, 0.05) is 63.3 Å². The molecule has 0 unspecified atom stereocenters. The molecule has 12 aromatic rings. The molecule has 57 heavy (non-hydrogen) atoms. The van der Waals surface area contributed by atoms with Gasteiger partial charge in [-0.3, -0.25) is 0 Å². The van der Waals surface area contributed by atoms with Gasteiger partial charge in [0.1, 0.15) is 11.2 Å². The first-order valence-electron chi connectivity index (χ1n) is 18.7. The van der Waals surface area contributed by atoms with Crippen LogP contribution in [0.15, 0.2) is 168 Å². The molecule has 266 valence electrons. The Hall–Kier alpha value is -7.13. The lowest BCUT2D eigenvalue weighted by Gasteiger charge is -2.09. The summed E-state index contributed by atoms with van der Waals surface area (Å²) in [6, 6.07) is 56.2. The van der Waals surface area contributed by atoms with Crippen LogP contribution >= 0.6 is 22.7 Å². The molecule has 0 spiro atoms. The highest BCUT2D eigenvalue weighted by Crippen LogP contribution is 2.43. The predicted octanol–water partition coefficient (Wildman–Crippen LogP) is 13.6. The van der Waals surface area contributed by atoms with Gasteiger partial charge in [-0.2, -0.15) is 0 Å². The molecule has 0 radical (unpaired) electrons. The van der Waals surface area contributed by atoms with E-state index in [0.29, 0.717) is 28.9 Å². The first-order valence-corrected chi connectivity index (χ1v) is 20.3. The van der Waals surface area contributed by atoms with Crippen molar-refractivity contribution in [3.05, 3.63) is 164 Å². The molecular formula is C49H27N5OS2. The van der Waals surface area contributed by atoms with Gasteiger partial charge in [0.2, 0.25) is 0 Å². The molecule has 5 heterocycles. The smallest absolute Gasteiger partial charge is 0.164 e. The van der Waals surface area contributed by atoms with E-state index in [1.807, 2.05) is 54.6 Å². The third-order valence-electron chi connectivity index (χ3n) is 10.6. The van der Waals surface area contributed by atoms with Crippen LogP contribution in [-0.2, 0) is 0 Å². The van der Waals surface area contributed by atoms with Crippen LogP contribution in [0.3, 0.4) is 0 Å². The first-order chi connectivity index (χ1) is 28.2. The maximum absolute atomic E-state index is 6.79. The second kappa shape index (κ2) is 12.7. The van der Waals surface area contributed by atoms with Crippen molar-refractivity contribution < 1.29 is 4.42 Å². The Kier molecular flexibility index (Phi) is 7.17. The average Bonchev–Trinajstić information content (AvgIpc) is 3.97. The van der Waals surface area contributed by atoms with Crippen LogP contribution in [0, 0.1) is 0 Å². The zero-order valence-corrected chi connectivity index (χ0v) is 31.7. The highest BCUT2D eigenvalue weighted by molar-refractivity contribution is 7.26. The molecular weight excluding hydrogens is 739 g/mol. The summed E-state index contributed by atoms with van der Waals surface area (Å²) in [7, 11) is 0. The van der Waals surface area contributed by atoms with Crippen molar-refractivity contribution in [1.29, 1.82) is 0 Å². The zero-order chi connectivity index (χ0) is 37.5. The number of furan rings is 1. The highest BCUT2D eigenvalue weighted by Gasteiger charge is 2.22. The number of nitrogens with zero attached hydrogens (tertiary/aromatic N) is 5. The van der Waals surface area contributed by atoms with Gasteiger partial charge in [0.15, 0.2) is 23.3 Å². The van der Waals surface area contributed by atoms with E-state index in [1.54, 1.807) is 22.7 Å². The third-order valence-corrected chi connectivity index (χ3v) is 12.9. The molecule has 0 atom stereocenters. The average molecular weight is 766 g/mol. The van der Waals surface area contributed by atoms with Crippen molar-refractivity contribution >= 4 is 85.1 Å². The molecule has 0 aliphatic heterocycles. The summed E-state index contributed by atoms with van der Waals surface area (Å²) in [4.78, 5) is 25.9. The van der Waals surface area contributed by atoms with Crippen molar-refractivity contribution in [2.75, 3.05) is 0 Å². The van der Waals surface area contributed by atoms with E-state index in [-0.39, 0.29) is 0 Å². The fraction of sp³-hybridized carbons (Fsp3) is 0. The topological polar surface area (TPSA) is 77.6 Å². The largest absolute Gasteiger partial charge is 0.455 e. The molecule has 7 aromatic carbocycles. The molecule has 0 amide bonds. The molecule has 0 bridgehead atoms. The van der Waals surface area contributed by atoms with Crippen LogP contribution in [0.2, 0.25) is 0 Å². The molecule has 0 saturated heterocycles. The van der Waals surface area contributed by atoms with E-state index in [4.69, 9.17) is 29.3 Å². The van der Waals surface area contributed by atoms with Gasteiger partial charge in [-0.25, -0.2) is 24.9 Å². The molecule has 0 aliphatic rings. The number of aromatic nitrogens is 5. The number of thiophene rings is 2. The van der Waals surface area contributed by atoms with E-state index in [2.05, 4.69) is 109 Å². The van der Waals surface area contributed by atoms with E-state index in [0.717, 1.165) is 65.5 Å². The number of hydrogen-bond donors (Lipinski definition) is 0. The van der Waals surface area contributed by atoms with Gasteiger partial charge in [-0.1, -0.05) is 133 Å². The van der Waals surface area contributed by atoms with Gasteiger partial charge in [-0.05, 0) is 30.3 Å².